The first-order chi connectivity index (χ1) is 14.4. The van der Waals surface area contributed by atoms with Crippen LogP contribution in [-0.2, 0) is 12.4 Å². The summed E-state index contributed by atoms with van der Waals surface area (Å²) in [6, 6.07) is 18.6. The maximum Gasteiger partial charge on any atom is 0.269 e. The molecule has 0 amide bonds. The maximum atomic E-state index is 12.4. The number of non-ortho nitro benzene ring substituents is 1. The van der Waals surface area contributed by atoms with Crippen LogP contribution in [0.5, 0.6) is 5.75 Å². The first-order valence-electron chi connectivity index (χ1n) is 8.93. The van der Waals surface area contributed by atoms with Gasteiger partial charge >= 0.3 is 0 Å². The number of benzene rings is 3. The Labute approximate surface area is 188 Å². The van der Waals surface area contributed by atoms with Crippen molar-refractivity contribution in [3.05, 3.63) is 104 Å². The van der Waals surface area contributed by atoms with E-state index in [1.165, 1.54) is 23.9 Å². The number of thioether (sulfide) groups is 1. The van der Waals surface area contributed by atoms with Crippen LogP contribution < -0.4 is 4.74 Å². The Bertz CT molecular complexity index is 1040. The van der Waals surface area contributed by atoms with Gasteiger partial charge in [0.25, 0.3) is 5.69 Å². The van der Waals surface area contributed by atoms with Gasteiger partial charge in [0.15, 0.2) is 5.78 Å². The van der Waals surface area contributed by atoms with E-state index in [0.29, 0.717) is 32.9 Å². The van der Waals surface area contributed by atoms with Crippen LogP contribution in [0.4, 0.5) is 5.69 Å². The summed E-state index contributed by atoms with van der Waals surface area (Å²) in [6.07, 6.45) is 0. The third-order valence-electron chi connectivity index (χ3n) is 4.21. The molecule has 0 radical (unpaired) electrons. The van der Waals surface area contributed by atoms with Gasteiger partial charge in [0, 0.05) is 23.4 Å². The van der Waals surface area contributed by atoms with Crippen molar-refractivity contribution < 1.29 is 14.5 Å². The van der Waals surface area contributed by atoms with E-state index in [9.17, 15) is 14.9 Å². The Morgan fingerprint density at radius 2 is 1.60 bits per heavy atom. The van der Waals surface area contributed by atoms with E-state index < -0.39 is 4.92 Å². The fraction of sp³-hybridized carbons (Fsp3) is 0.136. The monoisotopic (exact) mass is 461 g/mol. The van der Waals surface area contributed by atoms with Gasteiger partial charge in [-0.25, -0.2) is 0 Å². The second-order valence-electron chi connectivity index (χ2n) is 6.40. The number of hydrogen-bond acceptors (Lipinski definition) is 5. The molecule has 0 unspecified atom stereocenters. The van der Waals surface area contributed by atoms with Crippen LogP contribution in [0, 0.1) is 10.1 Å². The summed E-state index contributed by atoms with van der Waals surface area (Å²) in [5.74, 6) is 1.66. The van der Waals surface area contributed by atoms with Crippen molar-refractivity contribution in [2.24, 2.45) is 0 Å². The molecule has 0 atom stereocenters. The molecule has 0 aliphatic carbocycles. The summed E-state index contributed by atoms with van der Waals surface area (Å²) in [5.41, 5.74) is 2.48. The van der Waals surface area contributed by atoms with Crippen LogP contribution >= 0.6 is 35.0 Å². The van der Waals surface area contributed by atoms with Gasteiger partial charge in [-0.2, -0.15) is 0 Å². The first-order valence-corrected chi connectivity index (χ1v) is 10.8. The van der Waals surface area contributed by atoms with Crippen LogP contribution in [0.2, 0.25) is 10.0 Å². The largest absolute Gasteiger partial charge is 0.489 e. The Morgan fingerprint density at radius 1 is 0.933 bits per heavy atom. The molecule has 0 N–H and O–H groups in total. The highest BCUT2D eigenvalue weighted by molar-refractivity contribution is 7.99. The normalized spacial score (nSPS) is 10.6. The van der Waals surface area contributed by atoms with Gasteiger partial charge in [0.05, 0.1) is 20.7 Å². The highest BCUT2D eigenvalue weighted by atomic mass is 35.5. The summed E-state index contributed by atoms with van der Waals surface area (Å²) in [5, 5.41) is 11.7. The molecule has 0 bridgehead atoms. The number of nitro benzene ring substituents is 1. The third kappa shape index (κ3) is 6.23. The van der Waals surface area contributed by atoms with Gasteiger partial charge in [-0.3, -0.25) is 14.9 Å². The molecule has 154 valence electrons. The maximum absolute atomic E-state index is 12.4. The SMILES string of the molecule is O=C(CSCc1ccc(Cl)c(Cl)c1)c1ccc(OCc2ccc([N+](=O)[O-])cc2)cc1. The molecule has 0 fully saturated rings. The van der Waals surface area contributed by atoms with E-state index in [1.807, 2.05) is 6.07 Å². The summed E-state index contributed by atoms with van der Waals surface area (Å²) in [4.78, 5) is 22.6. The van der Waals surface area contributed by atoms with Crippen molar-refractivity contribution in [1.29, 1.82) is 0 Å². The minimum Gasteiger partial charge on any atom is -0.489 e. The molecule has 0 heterocycles. The Morgan fingerprint density at radius 3 is 2.23 bits per heavy atom. The zero-order valence-corrected chi connectivity index (χ0v) is 18.0. The average Bonchev–Trinajstić information content (AvgIpc) is 2.75. The van der Waals surface area contributed by atoms with Gasteiger partial charge in [-0.15, -0.1) is 11.8 Å². The fourth-order valence-corrected chi connectivity index (χ4v) is 3.78. The molecule has 0 aliphatic rings. The zero-order valence-electron chi connectivity index (χ0n) is 15.7. The minimum atomic E-state index is -0.441. The predicted molar refractivity (Wildman–Crippen MR) is 121 cm³/mol. The van der Waals surface area contributed by atoms with Crippen molar-refractivity contribution in [2.75, 3.05) is 5.75 Å². The van der Waals surface area contributed by atoms with Crippen LogP contribution in [0.15, 0.2) is 66.7 Å². The number of hydrogen-bond donors (Lipinski definition) is 0. The van der Waals surface area contributed by atoms with E-state index in [1.54, 1.807) is 48.5 Å². The number of carbonyl (C=O) groups excluding carboxylic acids is 1. The zero-order chi connectivity index (χ0) is 21.5. The lowest BCUT2D eigenvalue weighted by atomic mass is 10.1. The van der Waals surface area contributed by atoms with Gasteiger partial charge in [0.2, 0.25) is 0 Å². The van der Waals surface area contributed by atoms with E-state index >= 15 is 0 Å². The van der Waals surface area contributed by atoms with Crippen LogP contribution in [0.3, 0.4) is 0 Å². The molecule has 3 rings (SSSR count). The molecule has 0 saturated heterocycles. The number of rotatable bonds is 9. The van der Waals surface area contributed by atoms with Crippen molar-refractivity contribution in [3.63, 3.8) is 0 Å². The molecule has 0 aromatic heterocycles. The number of nitro groups is 1. The van der Waals surface area contributed by atoms with E-state index in [0.717, 1.165) is 11.1 Å². The second kappa shape index (κ2) is 10.5. The fourth-order valence-electron chi connectivity index (χ4n) is 2.59. The van der Waals surface area contributed by atoms with Crippen LogP contribution in [0.1, 0.15) is 21.5 Å². The average molecular weight is 462 g/mol. The first kappa shape index (κ1) is 22.2. The summed E-state index contributed by atoms with van der Waals surface area (Å²) in [6.45, 7) is 0.283. The molecule has 5 nitrogen and oxygen atoms in total. The topological polar surface area (TPSA) is 69.4 Å². The molecule has 3 aromatic rings. The summed E-state index contributed by atoms with van der Waals surface area (Å²) in [7, 11) is 0. The lowest BCUT2D eigenvalue weighted by Crippen LogP contribution is -2.03. The molecule has 3 aromatic carbocycles. The van der Waals surface area contributed by atoms with E-state index in [-0.39, 0.29) is 18.1 Å². The van der Waals surface area contributed by atoms with Crippen molar-refractivity contribution in [2.45, 2.75) is 12.4 Å². The smallest absolute Gasteiger partial charge is 0.269 e. The van der Waals surface area contributed by atoms with Crippen molar-refractivity contribution in [1.82, 2.24) is 0 Å². The number of Topliss-reactive ketones (excluding diaryl/α,β-unsaturated/α-hetero) is 1. The highest BCUT2D eigenvalue weighted by Gasteiger charge is 2.08. The summed E-state index contributed by atoms with van der Waals surface area (Å²) >= 11 is 13.4. The number of nitrogens with zero attached hydrogens (tertiary/aromatic N) is 1. The third-order valence-corrected chi connectivity index (χ3v) is 5.96. The van der Waals surface area contributed by atoms with Crippen LogP contribution in [-0.4, -0.2) is 16.5 Å². The number of carbonyl (C=O) groups is 1. The Kier molecular flexibility index (Phi) is 7.74. The predicted octanol–water partition coefficient (Wildman–Crippen LogP) is 6.60. The molecule has 0 saturated carbocycles. The second-order valence-corrected chi connectivity index (χ2v) is 8.20. The van der Waals surface area contributed by atoms with E-state index in [4.69, 9.17) is 27.9 Å². The van der Waals surface area contributed by atoms with Gasteiger partial charge in [-0.05, 0) is 59.7 Å². The van der Waals surface area contributed by atoms with Gasteiger partial charge in [-0.1, -0.05) is 29.3 Å². The number of ether oxygens (including phenoxy) is 1. The molecular weight excluding hydrogens is 445 g/mol. The lowest BCUT2D eigenvalue weighted by Gasteiger charge is -2.07. The number of halogens is 2. The summed E-state index contributed by atoms with van der Waals surface area (Å²) < 4.78 is 5.68. The quantitative estimate of drug-likeness (QED) is 0.204. The standard InChI is InChI=1S/C22H17Cl2NO4S/c23-20-10-3-16(11-21(20)24)13-30-14-22(26)17-4-8-19(9-5-17)29-12-15-1-6-18(7-2-15)25(27)28/h1-11H,12-14H2. The van der Waals surface area contributed by atoms with Gasteiger partial charge in [0.1, 0.15) is 12.4 Å². The minimum absolute atomic E-state index is 0.0296. The van der Waals surface area contributed by atoms with Crippen LogP contribution in [0.25, 0.3) is 0 Å². The lowest BCUT2D eigenvalue weighted by molar-refractivity contribution is -0.384. The molecule has 8 heteroatoms. The van der Waals surface area contributed by atoms with Crippen molar-refractivity contribution >= 4 is 46.4 Å². The molecule has 30 heavy (non-hydrogen) atoms. The van der Waals surface area contributed by atoms with Gasteiger partial charge < -0.3 is 4.74 Å². The molecule has 0 aliphatic heterocycles. The highest BCUT2D eigenvalue weighted by Crippen LogP contribution is 2.25. The number of ketones is 1. The van der Waals surface area contributed by atoms with E-state index in [2.05, 4.69) is 0 Å². The molecule has 0 spiro atoms. The van der Waals surface area contributed by atoms with Crippen molar-refractivity contribution in [3.8, 4) is 5.75 Å². The Balaban J connectivity index is 1.47. The Hall–Kier alpha value is -2.54. The molecular formula is C22H17Cl2NO4S.